The number of rotatable bonds is 4. The third kappa shape index (κ3) is 3.36. The van der Waals surface area contributed by atoms with Gasteiger partial charge in [-0.2, -0.15) is 0 Å². The Hall–Kier alpha value is -1.33. The molecule has 0 saturated carbocycles. The molecule has 0 aliphatic carbocycles. The van der Waals surface area contributed by atoms with Gasteiger partial charge in [-0.25, -0.2) is 4.98 Å². The van der Waals surface area contributed by atoms with Gasteiger partial charge in [-0.05, 0) is 37.8 Å². The first-order chi connectivity index (χ1) is 9.11. The number of halogens is 1. The van der Waals surface area contributed by atoms with Crippen LogP contribution in [0.4, 0.5) is 5.82 Å². The molecule has 2 rings (SSSR count). The zero-order valence-corrected chi connectivity index (χ0v) is 11.6. The molecular formula is C13H19ClN4O. The maximum atomic E-state index is 11.1. The van der Waals surface area contributed by atoms with Crippen molar-refractivity contribution in [1.29, 1.82) is 0 Å². The molecule has 1 saturated heterocycles. The Balaban J connectivity index is 2.05. The topological polar surface area (TPSA) is 85.2 Å². The van der Waals surface area contributed by atoms with E-state index in [4.69, 9.17) is 23.1 Å². The maximum Gasteiger partial charge on any atom is 0.250 e. The maximum absolute atomic E-state index is 11.1. The van der Waals surface area contributed by atoms with E-state index in [2.05, 4.69) is 9.88 Å². The van der Waals surface area contributed by atoms with Gasteiger partial charge in [-0.1, -0.05) is 11.6 Å². The van der Waals surface area contributed by atoms with Crippen molar-refractivity contribution in [3.63, 3.8) is 0 Å². The number of nitrogens with zero attached hydrogens (tertiary/aromatic N) is 2. The summed E-state index contributed by atoms with van der Waals surface area (Å²) in [7, 11) is 0. The first-order valence-corrected chi connectivity index (χ1v) is 6.90. The highest BCUT2D eigenvalue weighted by Gasteiger charge is 2.21. The van der Waals surface area contributed by atoms with Crippen molar-refractivity contribution in [3.8, 4) is 0 Å². The van der Waals surface area contributed by atoms with Crippen LogP contribution in [0.15, 0.2) is 12.3 Å². The fraction of sp³-hybridized carbons (Fsp3) is 0.538. The molecule has 4 N–H and O–H groups in total. The molecule has 0 atom stereocenters. The molecule has 2 heterocycles. The molecule has 6 heteroatoms. The van der Waals surface area contributed by atoms with Crippen LogP contribution in [-0.2, 0) is 0 Å². The van der Waals surface area contributed by atoms with Crippen molar-refractivity contribution in [2.45, 2.75) is 19.3 Å². The van der Waals surface area contributed by atoms with Crippen molar-refractivity contribution in [2.75, 3.05) is 24.5 Å². The summed E-state index contributed by atoms with van der Waals surface area (Å²) in [5.74, 6) is 0.922. The lowest BCUT2D eigenvalue weighted by atomic mass is 9.93. The van der Waals surface area contributed by atoms with Gasteiger partial charge in [0.2, 0.25) is 5.91 Å². The third-order valence-corrected chi connectivity index (χ3v) is 3.87. The number of nitrogens with two attached hydrogens (primary N) is 2. The predicted octanol–water partition coefficient (Wildman–Crippen LogP) is 1.40. The molecule has 0 spiro atoms. The Labute approximate surface area is 117 Å². The SMILES string of the molecule is NCCC1CCN(c2ncc(C(N)=O)cc2Cl)CC1. The first kappa shape index (κ1) is 14.1. The quantitative estimate of drug-likeness (QED) is 0.874. The van der Waals surface area contributed by atoms with E-state index in [1.165, 1.54) is 6.20 Å². The monoisotopic (exact) mass is 282 g/mol. The standard InChI is InChI=1S/C13H19ClN4O/c14-11-7-10(12(16)19)8-17-13(11)18-5-2-9(1-4-15)3-6-18/h7-9H,1-6,15H2,(H2,16,19). The van der Waals surface area contributed by atoms with Crippen LogP contribution in [0, 0.1) is 5.92 Å². The van der Waals surface area contributed by atoms with Gasteiger partial charge >= 0.3 is 0 Å². The number of carbonyl (C=O) groups excluding carboxylic acids is 1. The Morgan fingerprint density at radius 3 is 2.68 bits per heavy atom. The highest BCUT2D eigenvalue weighted by Crippen LogP contribution is 2.29. The van der Waals surface area contributed by atoms with Crippen LogP contribution in [-0.4, -0.2) is 30.5 Å². The van der Waals surface area contributed by atoms with Gasteiger partial charge in [0.25, 0.3) is 0 Å². The molecule has 1 amide bonds. The molecule has 0 unspecified atom stereocenters. The van der Waals surface area contributed by atoms with Crippen LogP contribution in [0.5, 0.6) is 0 Å². The van der Waals surface area contributed by atoms with Gasteiger partial charge in [0.05, 0.1) is 10.6 Å². The first-order valence-electron chi connectivity index (χ1n) is 6.52. The molecule has 1 aliphatic rings. The summed E-state index contributed by atoms with van der Waals surface area (Å²) in [5.41, 5.74) is 11.1. The van der Waals surface area contributed by atoms with E-state index in [1.807, 2.05) is 0 Å². The molecule has 19 heavy (non-hydrogen) atoms. The zero-order chi connectivity index (χ0) is 13.8. The Kier molecular flexibility index (Phi) is 4.61. The van der Waals surface area contributed by atoms with Crippen LogP contribution in [0.3, 0.4) is 0 Å². The van der Waals surface area contributed by atoms with Crippen molar-refractivity contribution >= 4 is 23.3 Å². The normalized spacial score (nSPS) is 16.6. The van der Waals surface area contributed by atoms with E-state index >= 15 is 0 Å². The van der Waals surface area contributed by atoms with Gasteiger partial charge < -0.3 is 16.4 Å². The Morgan fingerprint density at radius 2 is 2.16 bits per heavy atom. The van der Waals surface area contributed by atoms with Crippen molar-refractivity contribution < 1.29 is 4.79 Å². The second-order valence-corrected chi connectivity index (χ2v) is 5.31. The average Bonchev–Trinajstić information content (AvgIpc) is 2.40. The van der Waals surface area contributed by atoms with Crippen molar-refractivity contribution in [1.82, 2.24) is 4.98 Å². The summed E-state index contributed by atoms with van der Waals surface area (Å²) in [5, 5.41) is 0.480. The minimum absolute atomic E-state index is 0.340. The summed E-state index contributed by atoms with van der Waals surface area (Å²) in [6, 6.07) is 1.58. The second kappa shape index (κ2) is 6.21. The number of piperidine rings is 1. The molecule has 0 aromatic carbocycles. The molecule has 104 valence electrons. The van der Waals surface area contributed by atoms with Crippen LogP contribution in [0.2, 0.25) is 5.02 Å². The fourth-order valence-electron chi connectivity index (χ4n) is 2.47. The highest BCUT2D eigenvalue weighted by atomic mass is 35.5. The summed E-state index contributed by atoms with van der Waals surface area (Å²) < 4.78 is 0. The molecule has 5 nitrogen and oxygen atoms in total. The molecule has 1 aliphatic heterocycles. The minimum Gasteiger partial charge on any atom is -0.366 e. The molecule has 1 aromatic rings. The number of primary amides is 1. The minimum atomic E-state index is -0.511. The average molecular weight is 283 g/mol. The van der Waals surface area contributed by atoms with E-state index in [0.29, 0.717) is 16.5 Å². The third-order valence-electron chi connectivity index (χ3n) is 3.60. The van der Waals surface area contributed by atoms with Gasteiger partial charge in [0.15, 0.2) is 0 Å². The lowest BCUT2D eigenvalue weighted by Gasteiger charge is -2.33. The van der Waals surface area contributed by atoms with Crippen molar-refractivity contribution in [2.24, 2.45) is 17.4 Å². The summed E-state index contributed by atoms with van der Waals surface area (Å²) in [6.45, 7) is 2.59. The van der Waals surface area contributed by atoms with Crippen LogP contribution >= 0.6 is 11.6 Å². The van der Waals surface area contributed by atoms with Crippen LogP contribution < -0.4 is 16.4 Å². The van der Waals surface area contributed by atoms with Gasteiger partial charge in [0.1, 0.15) is 5.82 Å². The molecule has 0 radical (unpaired) electrons. The van der Waals surface area contributed by atoms with Gasteiger partial charge in [-0.15, -0.1) is 0 Å². The lowest BCUT2D eigenvalue weighted by Crippen LogP contribution is -2.35. The number of pyridine rings is 1. The Bertz CT molecular complexity index is 458. The molecule has 0 bridgehead atoms. The van der Waals surface area contributed by atoms with Gasteiger partial charge in [0, 0.05) is 19.3 Å². The summed E-state index contributed by atoms with van der Waals surface area (Å²) in [4.78, 5) is 17.5. The van der Waals surface area contributed by atoms with Crippen LogP contribution in [0.25, 0.3) is 0 Å². The number of carbonyl (C=O) groups is 1. The number of hydrogen-bond acceptors (Lipinski definition) is 4. The van der Waals surface area contributed by atoms with Crippen molar-refractivity contribution in [3.05, 3.63) is 22.8 Å². The predicted molar refractivity (Wildman–Crippen MR) is 76.4 cm³/mol. The lowest BCUT2D eigenvalue weighted by molar-refractivity contribution is 0.1000. The highest BCUT2D eigenvalue weighted by molar-refractivity contribution is 6.33. The van der Waals surface area contributed by atoms with E-state index in [-0.39, 0.29) is 0 Å². The largest absolute Gasteiger partial charge is 0.366 e. The van der Waals surface area contributed by atoms with E-state index in [0.717, 1.165) is 44.7 Å². The number of hydrogen-bond donors (Lipinski definition) is 2. The number of anilines is 1. The van der Waals surface area contributed by atoms with Crippen LogP contribution in [0.1, 0.15) is 29.6 Å². The summed E-state index contributed by atoms with van der Waals surface area (Å²) >= 11 is 6.17. The molecular weight excluding hydrogens is 264 g/mol. The molecule has 1 aromatic heterocycles. The van der Waals surface area contributed by atoms with Gasteiger partial charge in [-0.3, -0.25) is 4.79 Å². The smallest absolute Gasteiger partial charge is 0.250 e. The summed E-state index contributed by atoms with van der Waals surface area (Å²) in [6.07, 6.45) is 4.77. The van der Waals surface area contributed by atoms with E-state index in [1.54, 1.807) is 6.07 Å². The number of amides is 1. The van der Waals surface area contributed by atoms with E-state index < -0.39 is 5.91 Å². The Morgan fingerprint density at radius 1 is 1.47 bits per heavy atom. The molecule has 1 fully saturated rings. The zero-order valence-electron chi connectivity index (χ0n) is 10.8. The fourth-order valence-corrected chi connectivity index (χ4v) is 2.75. The number of aromatic nitrogens is 1. The van der Waals surface area contributed by atoms with E-state index in [9.17, 15) is 4.79 Å². The second-order valence-electron chi connectivity index (χ2n) is 4.90.